The van der Waals surface area contributed by atoms with Gasteiger partial charge in [0.1, 0.15) is 10.9 Å². The molecule has 0 radical (unpaired) electrons. The molecule has 0 aliphatic rings. The zero-order valence-corrected chi connectivity index (χ0v) is 13.0. The minimum atomic E-state index is 0.474. The number of hydrogen-bond donors (Lipinski definition) is 2. The molecule has 4 nitrogen and oxygen atoms in total. The van der Waals surface area contributed by atoms with Crippen molar-refractivity contribution >= 4 is 22.6 Å². The van der Waals surface area contributed by atoms with Crippen LogP contribution < -0.4 is 5.73 Å². The summed E-state index contributed by atoms with van der Waals surface area (Å²) in [4.78, 5) is 8.23. The van der Waals surface area contributed by atoms with Crippen LogP contribution >= 0.6 is 11.8 Å². The number of nitrogen functional groups attached to an aromatic ring is 1. The molecular formula is C17H17N3OS. The Labute approximate surface area is 134 Å². The summed E-state index contributed by atoms with van der Waals surface area (Å²) in [5.41, 5.74) is 6.31. The molecule has 0 saturated heterocycles. The first-order valence-electron chi connectivity index (χ1n) is 6.47. The van der Waals surface area contributed by atoms with E-state index in [0.29, 0.717) is 5.82 Å². The van der Waals surface area contributed by atoms with Crippen LogP contribution in [0, 0.1) is 11.8 Å². The zero-order valence-electron chi connectivity index (χ0n) is 12.2. The maximum absolute atomic E-state index is 8.53. The molecule has 3 N–H and O–H groups in total. The minimum Gasteiger partial charge on any atom is -0.516 e. The van der Waals surface area contributed by atoms with E-state index in [1.807, 2.05) is 30.6 Å². The molecule has 0 aliphatic heterocycles. The molecule has 22 heavy (non-hydrogen) atoms. The van der Waals surface area contributed by atoms with E-state index in [2.05, 4.69) is 21.8 Å². The first kappa shape index (κ1) is 17.3. The number of aliphatic hydroxyl groups excluding tert-OH is 1. The molecule has 0 fully saturated rings. The van der Waals surface area contributed by atoms with Gasteiger partial charge in [0, 0.05) is 18.0 Å². The van der Waals surface area contributed by atoms with E-state index in [1.165, 1.54) is 17.8 Å². The van der Waals surface area contributed by atoms with Crippen molar-refractivity contribution in [2.24, 2.45) is 4.99 Å². The van der Waals surface area contributed by atoms with Gasteiger partial charge in [-0.2, -0.15) is 0 Å². The molecular weight excluding hydrogens is 294 g/mol. The van der Waals surface area contributed by atoms with Crippen molar-refractivity contribution in [3.63, 3.8) is 0 Å². The van der Waals surface area contributed by atoms with Crippen LogP contribution in [0.5, 0.6) is 0 Å². The molecule has 1 aromatic heterocycles. The highest BCUT2D eigenvalue weighted by molar-refractivity contribution is 8.16. The molecule has 1 aromatic rings. The number of allylic oxidation sites excluding steroid dienone is 4. The Hall–Kier alpha value is -2.71. The number of pyridine rings is 1. The van der Waals surface area contributed by atoms with Crippen LogP contribution in [0.4, 0.5) is 5.82 Å². The van der Waals surface area contributed by atoms with E-state index in [-0.39, 0.29) is 0 Å². The quantitative estimate of drug-likeness (QED) is 0.291. The summed E-state index contributed by atoms with van der Waals surface area (Å²) in [5, 5.41) is 11.2. The van der Waals surface area contributed by atoms with Crippen molar-refractivity contribution in [2.45, 2.75) is 6.92 Å². The average Bonchev–Trinajstić information content (AvgIpc) is 2.54. The highest BCUT2D eigenvalue weighted by Crippen LogP contribution is 2.08. The maximum Gasteiger partial charge on any atom is 0.123 e. The molecule has 1 rings (SSSR count). The number of aliphatic hydroxyl groups is 1. The first-order chi connectivity index (χ1) is 10.8. The third-order valence-corrected chi connectivity index (χ3v) is 3.01. The largest absolute Gasteiger partial charge is 0.516 e. The second-order valence-electron chi connectivity index (χ2n) is 3.81. The maximum atomic E-state index is 8.53. The number of aromatic nitrogens is 1. The number of nitrogens with two attached hydrogens (primary N) is 1. The van der Waals surface area contributed by atoms with Gasteiger partial charge in [-0.05, 0) is 48.8 Å². The van der Waals surface area contributed by atoms with Crippen LogP contribution in [0.3, 0.4) is 0 Å². The predicted molar refractivity (Wildman–Crippen MR) is 95.4 cm³/mol. The first-order valence-corrected chi connectivity index (χ1v) is 7.35. The lowest BCUT2D eigenvalue weighted by molar-refractivity contribution is 0.473. The predicted octanol–water partition coefficient (Wildman–Crippen LogP) is 3.82. The van der Waals surface area contributed by atoms with E-state index in [1.54, 1.807) is 30.6 Å². The summed E-state index contributed by atoms with van der Waals surface area (Å²) in [6.07, 6.45) is 12.8. The van der Waals surface area contributed by atoms with E-state index >= 15 is 0 Å². The van der Waals surface area contributed by atoms with Crippen LogP contribution in [0.15, 0.2) is 71.6 Å². The molecule has 112 valence electrons. The lowest BCUT2D eigenvalue weighted by Crippen LogP contribution is -1.88. The van der Waals surface area contributed by atoms with Gasteiger partial charge in [-0.15, -0.1) is 0 Å². The summed E-state index contributed by atoms with van der Waals surface area (Å²) >= 11 is 1.48. The highest BCUT2D eigenvalue weighted by Gasteiger charge is 1.89. The third kappa shape index (κ3) is 7.78. The smallest absolute Gasteiger partial charge is 0.123 e. The van der Waals surface area contributed by atoms with Crippen molar-refractivity contribution in [1.82, 2.24) is 4.98 Å². The van der Waals surface area contributed by atoms with Gasteiger partial charge in [0.25, 0.3) is 0 Å². The van der Waals surface area contributed by atoms with Crippen molar-refractivity contribution in [3.8, 4) is 11.8 Å². The van der Waals surface area contributed by atoms with E-state index < -0.39 is 0 Å². The highest BCUT2D eigenvalue weighted by atomic mass is 32.2. The monoisotopic (exact) mass is 311 g/mol. The third-order valence-electron chi connectivity index (χ3n) is 2.12. The fourth-order valence-corrected chi connectivity index (χ4v) is 1.73. The van der Waals surface area contributed by atoms with E-state index in [0.717, 1.165) is 16.9 Å². The average molecular weight is 311 g/mol. The topological polar surface area (TPSA) is 71.5 Å². The molecule has 0 amide bonds. The van der Waals surface area contributed by atoms with Gasteiger partial charge >= 0.3 is 0 Å². The summed E-state index contributed by atoms with van der Waals surface area (Å²) in [6, 6.07) is 3.53. The molecule has 0 unspecified atom stereocenters. The summed E-state index contributed by atoms with van der Waals surface area (Å²) in [5.74, 6) is 6.36. The number of nitrogens with zero attached hydrogens (tertiary/aromatic N) is 2. The van der Waals surface area contributed by atoms with Gasteiger partial charge in [-0.1, -0.05) is 29.7 Å². The van der Waals surface area contributed by atoms with Crippen LogP contribution in [-0.2, 0) is 0 Å². The lowest BCUT2D eigenvalue weighted by atomic mass is 10.3. The van der Waals surface area contributed by atoms with Crippen molar-refractivity contribution < 1.29 is 5.11 Å². The van der Waals surface area contributed by atoms with E-state index in [4.69, 9.17) is 10.8 Å². The molecule has 0 spiro atoms. The minimum absolute atomic E-state index is 0.474. The van der Waals surface area contributed by atoms with Crippen molar-refractivity contribution in [3.05, 3.63) is 72.1 Å². The fourth-order valence-electron chi connectivity index (χ4n) is 1.18. The molecule has 5 heteroatoms. The number of rotatable bonds is 4. The number of hydrogen-bond acceptors (Lipinski definition) is 5. The normalized spacial score (nSPS) is 12.5. The zero-order chi connectivity index (χ0) is 16.0. The SMILES string of the molecule is C/C=C/SC(/C=C/C#Cc1ccc(N)nc1)=N\C=C\C=C\O. The van der Waals surface area contributed by atoms with Crippen LogP contribution in [0.2, 0.25) is 0 Å². The Kier molecular flexibility index (Phi) is 8.67. The molecule has 0 aromatic carbocycles. The molecule has 0 aliphatic carbocycles. The number of anilines is 1. The summed E-state index contributed by atoms with van der Waals surface area (Å²) < 4.78 is 0. The van der Waals surface area contributed by atoms with Crippen molar-refractivity contribution in [1.29, 1.82) is 0 Å². The van der Waals surface area contributed by atoms with Gasteiger partial charge in [-0.25, -0.2) is 9.98 Å². The fraction of sp³-hybridized carbons (Fsp3) is 0.0588. The number of thioether (sulfide) groups is 1. The summed E-state index contributed by atoms with van der Waals surface area (Å²) in [7, 11) is 0. The molecule has 1 heterocycles. The second kappa shape index (κ2) is 11.0. The van der Waals surface area contributed by atoms with Gasteiger partial charge in [0.15, 0.2) is 0 Å². The Bertz CT molecular complexity index is 659. The lowest BCUT2D eigenvalue weighted by Gasteiger charge is -1.92. The molecule has 0 atom stereocenters. The summed E-state index contributed by atoms with van der Waals surface area (Å²) in [6.45, 7) is 1.94. The Morgan fingerprint density at radius 3 is 2.95 bits per heavy atom. The van der Waals surface area contributed by atoms with Crippen LogP contribution in [0.25, 0.3) is 0 Å². The van der Waals surface area contributed by atoms with E-state index in [9.17, 15) is 0 Å². The van der Waals surface area contributed by atoms with Crippen LogP contribution in [0.1, 0.15) is 12.5 Å². The van der Waals surface area contributed by atoms with Gasteiger partial charge in [0.05, 0.1) is 6.26 Å². The second-order valence-corrected chi connectivity index (χ2v) is 4.74. The van der Waals surface area contributed by atoms with Crippen LogP contribution in [-0.4, -0.2) is 15.1 Å². The Morgan fingerprint density at radius 1 is 1.41 bits per heavy atom. The van der Waals surface area contributed by atoms with Gasteiger partial charge < -0.3 is 10.8 Å². The van der Waals surface area contributed by atoms with Crippen molar-refractivity contribution in [2.75, 3.05) is 5.73 Å². The Balaban J connectivity index is 2.74. The molecule has 0 saturated carbocycles. The van der Waals surface area contributed by atoms with Gasteiger partial charge in [-0.3, -0.25) is 0 Å². The number of aliphatic imine (C=N–C) groups is 1. The standard InChI is InChI=1S/C17H17N3OS/c1-2-13-22-17(19-11-5-6-12-21)8-4-3-7-15-9-10-16(18)20-14-15/h2,4-6,8-14,21H,1H3,(H2,18,20)/b8-4+,11-5+,12-6+,13-2+,19-17-. The Morgan fingerprint density at radius 2 is 2.27 bits per heavy atom. The molecule has 0 bridgehead atoms. The van der Waals surface area contributed by atoms with Gasteiger partial charge in [0.2, 0.25) is 0 Å².